The molecule has 2 heterocycles. The van der Waals surface area contributed by atoms with Crippen LogP contribution in [-0.2, 0) is 0 Å². The third-order valence-corrected chi connectivity index (χ3v) is 5.08. The lowest BCUT2D eigenvalue weighted by molar-refractivity contribution is -0.385. The topological polar surface area (TPSA) is 84.7 Å². The maximum absolute atomic E-state index is 12.7. The highest BCUT2D eigenvalue weighted by Gasteiger charge is 2.50. The number of hydrogen-bond donors (Lipinski definition) is 1. The first-order chi connectivity index (χ1) is 11.9. The largest absolute Gasteiger partial charge is 0.467 e. The molecule has 128 valence electrons. The highest BCUT2D eigenvalue weighted by molar-refractivity contribution is 9.10. The SMILES string of the molecule is C[C@@]12C[C@@H](NC(=O)N1c1ccc(Br)cc1)c1cc([N+](=O)[O-])ccc1O2. The molecule has 0 spiro atoms. The smallest absolute Gasteiger partial charge is 0.325 e. The fraction of sp³-hybridized carbons (Fsp3) is 0.235. The molecule has 1 N–H and O–H groups in total. The van der Waals surface area contributed by atoms with Crippen molar-refractivity contribution in [1.29, 1.82) is 0 Å². The van der Waals surface area contributed by atoms with Crippen LogP contribution in [0.3, 0.4) is 0 Å². The molecule has 2 aliphatic heterocycles. The fourth-order valence-corrected chi connectivity index (χ4v) is 3.72. The van der Waals surface area contributed by atoms with Crippen molar-refractivity contribution in [2.24, 2.45) is 0 Å². The van der Waals surface area contributed by atoms with Crippen LogP contribution < -0.4 is 15.0 Å². The molecule has 1 saturated heterocycles. The van der Waals surface area contributed by atoms with Crippen molar-refractivity contribution in [2.45, 2.75) is 25.1 Å². The molecular weight excluding hydrogens is 390 g/mol. The summed E-state index contributed by atoms with van der Waals surface area (Å²) in [6.07, 6.45) is 0.489. The number of non-ortho nitro benzene ring substituents is 1. The lowest BCUT2D eigenvalue weighted by Crippen LogP contribution is -2.65. The molecular formula is C17H14BrN3O4. The Morgan fingerprint density at radius 2 is 2.04 bits per heavy atom. The summed E-state index contributed by atoms with van der Waals surface area (Å²) in [7, 11) is 0. The fourth-order valence-electron chi connectivity index (χ4n) is 3.46. The first-order valence-corrected chi connectivity index (χ1v) is 8.50. The molecule has 2 aromatic rings. The van der Waals surface area contributed by atoms with Gasteiger partial charge < -0.3 is 10.1 Å². The Hall–Kier alpha value is -2.61. The summed E-state index contributed by atoms with van der Waals surface area (Å²) in [6.45, 7) is 1.85. The van der Waals surface area contributed by atoms with Gasteiger partial charge in [0.05, 0.1) is 11.0 Å². The van der Waals surface area contributed by atoms with E-state index >= 15 is 0 Å². The molecule has 2 bridgehead atoms. The number of anilines is 1. The van der Waals surface area contributed by atoms with Crippen LogP contribution in [0.1, 0.15) is 24.9 Å². The second-order valence-corrected chi connectivity index (χ2v) is 7.19. The number of hydrogen-bond acceptors (Lipinski definition) is 4. The van der Waals surface area contributed by atoms with Crippen molar-refractivity contribution >= 4 is 33.3 Å². The van der Waals surface area contributed by atoms with E-state index in [1.54, 1.807) is 11.0 Å². The summed E-state index contributed by atoms with van der Waals surface area (Å²) in [5.74, 6) is 0.548. The van der Waals surface area contributed by atoms with Gasteiger partial charge in [-0.3, -0.25) is 15.0 Å². The van der Waals surface area contributed by atoms with Gasteiger partial charge in [0.25, 0.3) is 5.69 Å². The second-order valence-electron chi connectivity index (χ2n) is 6.27. The molecule has 2 atom stereocenters. The second kappa shape index (κ2) is 5.45. The number of fused-ring (bicyclic) bond motifs is 4. The summed E-state index contributed by atoms with van der Waals surface area (Å²) in [5.41, 5.74) is 0.460. The van der Waals surface area contributed by atoms with Gasteiger partial charge in [-0.25, -0.2) is 4.79 Å². The Balaban J connectivity index is 1.77. The summed E-state index contributed by atoms with van der Waals surface area (Å²) < 4.78 is 7.04. The van der Waals surface area contributed by atoms with Gasteiger partial charge in [0.1, 0.15) is 5.75 Å². The van der Waals surface area contributed by atoms with Gasteiger partial charge in [0.15, 0.2) is 5.72 Å². The minimum atomic E-state index is -0.871. The van der Waals surface area contributed by atoms with Gasteiger partial charge in [-0.2, -0.15) is 0 Å². The number of carbonyl (C=O) groups excluding carboxylic acids is 1. The molecule has 7 nitrogen and oxygen atoms in total. The van der Waals surface area contributed by atoms with Crippen molar-refractivity contribution in [1.82, 2.24) is 5.32 Å². The lowest BCUT2D eigenvalue weighted by atomic mass is 9.90. The molecule has 2 aromatic carbocycles. The highest BCUT2D eigenvalue weighted by Crippen LogP contribution is 2.46. The van der Waals surface area contributed by atoms with Gasteiger partial charge in [0, 0.05) is 34.3 Å². The van der Waals surface area contributed by atoms with E-state index in [9.17, 15) is 14.9 Å². The van der Waals surface area contributed by atoms with Gasteiger partial charge in [-0.1, -0.05) is 15.9 Å². The molecule has 0 saturated carbocycles. The maximum Gasteiger partial charge on any atom is 0.325 e. The number of carbonyl (C=O) groups is 1. The quantitative estimate of drug-likeness (QED) is 0.603. The summed E-state index contributed by atoms with van der Waals surface area (Å²) >= 11 is 3.39. The number of benzene rings is 2. The summed E-state index contributed by atoms with van der Waals surface area (Å²) in [4.78, 5) is 24.9. The van der Waals surface area contributed by atoms with Crippen LogP contribution in [0, 0.1) is 10.1 Å². The predicted molar refractivity (Wildman–Crippen MR) is 94.6 cm³/mol. The molecule has 0 radical (unpaired) electrons. The third kappa shape index (κ3) is 2.53. The van der Waals surface area contributed by atoms with E-state index in [0.29, 0.717) is 23.4 Å². The minimum Gasteiger partial charge on any atom is -0.467 e. The highest BCUT2D eigenvalue weighted by atomic mass is 79.9. The number of nitro benzene ring substituents is 1. The monoisotopic (exact) mass is 403 g/mol. The molecule has 0 unspecified atom stereocenters. The molecule has 2 aliphatic rings. The number of ether oxygens (including phenoxy) is 1. The van der Waals surface area contributed by atoms with Crippen molar-refractivity contribution in [3.05, 3.63) is 62.6 Å². The van der Waals surface area contributed by atoms with Gasteiger partial charge >= 0.3 is 6.03 Å². The van der Waals surface area contributed by atoms with E-state index in [1.165, 1.54) is 12.1 Å². The Kier molecular flexibility index (Phi) is 3.47. The van der Waals surface area contributed by atoms with E-state index in [4.69, 9.17) is 4.74 Å². The van der Waals surface area contributed by atoms with E-state index in [0.717, 1.165) is 4.47 Å². The Labute approximate surface area is 151 Å². The van der Waals surface area contributed by atoms with Crippen LogP contribution in [0.4, 0.5) is 16.2 Å². The first-order valence-electron chi connectivity index (χ1n) is 7.71. The summed E-state index contributed by atoms with van der Waals surface area (Å²) in [5, 5.41) is 13.9. The number of amides is 2. The zero-order chi connectivity index (χ0) is 17.8. The first kappa shape index (κ1) is 15.9. The average molecular weight is 404 g/mol. The maximum atomic E-state index is 12.7. The van der Waals surface area contributed by atoms with E-state index in [1.807, 2.05) is 31.2 Å². The van der Waals surface area contributed by atoms with Gasteiger partial charge in [-0.05, 0) is 37.3 Å². The number of urea groups is 1. The number of nitro groups is 1. The van der Waals surface area contributed by atoms with Gasteiger partial charge in [-0.15, -0.1) is 0 Å². The molecule has 0 aromatic heterocycles. The molecule has 0 aliphatic carbocycles. The van der Waals surface area contributed by atoms with E-state index in [-0.39, 0.29) is 17.8 Å². The van der Waals surface area contributed by atoms with Crippen LogP contribution in [0.15, 0.2) is 46.9 Å². The zero-order valence-electron chi connectivity index (χ0n) is 13.2. The third-order valence-electron chi connectivity index (χ3n) is 4.55. The predicted octanol–water partition coefficient (Wildman–Crippen LogP) is 4.13. The van der Waals surface area contributed by atoms with Crippen LogP contribution in [0.2, 0.25) is 0 Å². The van der Waals surface area contributed by atoms with Crippen molar-refractivity contribution in [2.75, 3.05) is 4.90 Å². The van der Waals surface area contributed by atoms with Crippen molar-refractivity contribution < 1.29 is 14.5 Å². The van der Waals surface area contributed by atoms with Gasteiger partial charge in [0.2, 0.25) is 0 Å². The number of halogens is 1. The van der Waals surface area contributed by atoms with Crippen LogP contribution in [0.25, 0.3) is 0 Å². The number of rotatable bonds is 2. The Morgan fingerprint density at radius 1 is 1.32 bits per heavy atom. The Bertz CT molecular complexity index is 886. The summed E-state index contributed by atoms with van der Waals surface area (Å²) in [6, 6.07) is 11.2. The van der Waals surface area contributed by atoms with Crippen molar-refractivity contribution in [3.63, 3.8) is 0 Å². The zero-order valence-corrected chi connectivity index (χ0v) is 14.8. The standard InChI is InChI=1S/C17H14BrN3O4/c1-17-9-14(13-8-12(21(23)24)6-7-15(13)25-17)19-16(22)20(17)11-4-2-10(18)3-5-11/h2-8,14H,9H2,1H3,(H,19,22)/t14-,17-/m1/s1. The molecule has 25 heavy (non-hydrogen) atoms. The molecule has 1 fully saturated rings. The minimum absolute atomic E-state index is 0.0180. The molecule has 4 rings (SSSR count). The van der Waals surface area contributed by atoms with Crippen molar-refractivity contribution in [3.8, 4) is 5.75 Å². The number of nitrogens with zero attached hydrogens (tertiary/aromatic N) is 2. The average Bonchev–Trinajstić information content (AvgIpc) is 2.55. The Morgan fingerprint density at radius 3 is 2.72 bits per heavy atom. The van der Waals surface area contributed by atoms with Crippen LogP contribution >= 0.6 is 15.9 Å². The van der Waals surface area contributed by atoms with E-state index in [2.05, 4.69) is 21.2 Å². The van der Waals surface area contributed by atoms with Crippen LogP contribution in [0.5, 0.6) is 5.75 Å². The van der Waals surface area contributed by atoms with Crippen LogP contribution in [-0.4, -0.2) is 16.7 Å². The lowest BCUT2D eigenvalue weighted by Gasteiger charge is -2.50. The number of nitrogens with one attached hydrogen (secondary N) is 1. The molecule has 8 heteroatoms. The molecule has 2 amide bonds. The normalized spacial score (nSPS) is 24.2. The van der Waals surface area contributed by atoms with E-state index < -0.39 is 10.6 Å².